The van der Waals surface area contributed by atoms with Crippen molar-refractivity contribution in [2.75, 3.05) is 0 Å². The standard InChI is InChI=1S/C15H22ClNO/c1-15(2,3)8-7-14(18)17-11-13-6-4-5-12(9-13)10-16/h4-6,9H,7-8,10-11H2,1-3H3,(H,17,18). The second-order valence-electron chi connectivity index (χ2n) is 5.79. The van der Waals surface area contributed by atoms with Gasteiger partial charge in [-0.15, -0.1) is 11.6 Å². The van der Waals surface area contributed by atoms with Gasteiger partial charge in [0.2, 0.25) is 5.91 Å². The van der Waals surface area contributed by atoms with E-state index in [0.717, 1.165) is 17.5 Å². The lowest BCUT2D eigenvalue weighted by Crippen LogP contribution is -2.24. The van der Waals surface area contributed by atoms with Gasteiger partial charge in [0.15, 0.2) is 0 Å². The molecule has 0 heterocycles. The zero-order valence-corrected chi connectivity index (χ0v) is 12.2. The smallest absolute Gasteiger partial charge is 0.220 e. The van der Waals surface area contributed by atoms with Gasteiger partial charge >= 0.3 is 0 Å². The summed E-state index contributed by atoms with van der Waals surface area (Å²) in [5.74, 6) is 0.618. The maximum atomic E-state index is 11.7. The summed E-state index contributed by atoms with van der Waals surface area (Å²) in [6.07, 6.45) is 1.49. The Kier molecular flexibility index (Phi) is 5.67. The van der Waals surface area contributed by atoms with Crippen LogP contribution in [0.2, 0.25) is 0 Å². The Hall–Kier alpha value is -1.02. The highest BCUT2D eigenvalue weighted by Gasteiger charge is 2.12. The van der Waals surface area contributed by atoms with Gasteiger partial charge < -0.3 is 5.32 Å². The normalized spacial score (nSPS) is 11.3. The van der Waals surface area contributed by atoms with Gasteiger partial charge in [0, 0.05) is 18.8 Å². The van der Waals surface area contributed by atoms with Crippen LogP contribution < -0.4 is 5.32 Å². The van der Waals surface area contributed by atoms with Crippen molar-refractivity contribution in [3.63, 3.8) is 0 Å². The number of halogens is 1. The molecule has 0 aliphatic heterocycles. The number of alkyl halides is 1. The van der Waals surface area contributed by atoms with Crippen LogP contribution >= 0.6 is 11.6 Å². The van der Waals surface area contributed by atoms with Gasteiger partial charge in [-0.2, -0.15) is 0 Å². The van der Waals surface area contributed by atoms with Gasteiger partial charge in [-0.25, -0.2) is 0 Å². The molecular weight excluding hydrogens is 246 g/mol. The predicted octanol–water partition coefficient (Wildman–Crippen LogP) is 3.87. The van der Waals surface area contributed by atoms with E-state index in [4.69, 9.17) is 11.6 Å². The van der Waals surface area contributed by atoms with Crippen LogP contribution in [0, 0.1) is 5.41 Å². The molecule has 0 spiro atoms. The molecule has 0 aliphatic rings. The number of carbonyl (C=O) groups excluding carboxylic acids is 1. The number of rotatable bonds is 5. The molecule has 0 saturated carbocycles. The minimum Gasteiger partial charge on any atom is -0.352 e. The van der Waals surface area contributed by atoms with E-state index < -0.39 is 0 Å². The van der Waals surface area contributed by atoms with E-state index in [1.54, 1.807) is 0 Å². The van der Waals surface area contributed by atoms with Crippen molar-refractivity contribution in [3.05, 3.63) is 35.4 Å². The van der Waals surface area contributed by atoms with Crippen LogP contribution in [0.5, 0.6) is 0 Å². The number of nitrogens with one attached hydrogen (secondary N) is 1. The summed E-state index contributed by atoms with van der Waals surface area (Å²) in [6.45, 7) is 7.01. The van der Waals surface area contributed by atoms with Gasteiger partial charge in [0.25, 0.3) is 0 Å². The number of carbonyl (C=O) groups is 1. The van der Waals surface area contributed by atoms with Crippen molar-refractivity contribution in [2.24, 2.45) is 5.41 Å². The number of hydrogen-bond donors (Lipinski definition) is 1. The zero-order chi connectivity index (χ0) is 13.6. The highest BCUT2D eigenvalue weighted by molar-refractivity contribution is 6.17. The molecular formula is C15H22ClNO. The molecule has 18 heavy (non-hydrogen) atoms. The van der Waals surface area contributed by atoms with E-state index in [1.165, 1.54) is 0 Å². The summed E-state index contributed by atoms with van der Waals surface area (Å²) < 4.78 is 0. The summed E-state index contributed by atoms with van der Waals surface area (Å²) in [7, 11) is 0. The minimum absolute atomic E-state index is 0.112. The van der Waals surface area contributed by atoms with Crippen molar-refractivity contribution in [1.29, 1.82) is 0 Å². The lowest BCUT2D eigenvalue weighted by Gasteiger charge is -2.17. The van der Waals surface area contributed by atoms with Crippen LogP contribution in [-0.4, -0.2) is 5.91 Å². The highest BCUT2D eigenvalue weighted by atomic mass is 35.5. The zero-order valence-electron chi connectivity index (χ0n) is 11.4. The molecule has 0 saturated heterocycles. The van der Waals surface area contributed by atoms with Gasteiger partial charge in [0.05, 0.1) is 0 Å². The molecule has 1 aromatic rings. The molecule has 0 bridgehead atoms. The van der Waals surface area contributed by atoms with E-state index in [-0.39, 0.29) is 11.3 Å². The van der Waals surface area contributed by atoms with Gasteiger partial charge in [-0.1, -0.05) is 45.0 Å². The maximum Gasteiger partial charge on any atom is 0.220 e. The van der Waals surface area contributed by atoms with Crippen LogP contribution in [0.25, 0.3) is 0 Å². The summed E-state index contributed by atoms with van der Waals surface area (Å²) in [4.78, 5) is 11.7. The third-order valence-corrected chi connectivity index (χ3v) is 3.05. The second kappa shape index (κ2) is 6.79. The maximum absolute atomic E-state index is 11.7. The molecule has 1 aromatic carbocycles. The fourth-order valence-corrected chi connectivity index (χ4v) is 1.77. The second-order valence-corrected chi connectivity index (χ2v) is 6.06. The van der Waals surface area contributed by atoms with Crippen molar-refractivity contribution in [1.82, 2.24) is 5.32 Å². The van der Waals surface area contributed by atoms with Crippen LogP contribution in [0.1, 0.15) is 44.7 Å². The summed E-state index contributed by atoms with van der Waals surface area (Å²) in [5.41, 5.74) is 2.38. The molecule has 0 fully saturated rings. The van der Waals surface area contributed by atoms with Crippen molar-refractivity contribution in [3.8, 4) is 0 Å². The van der Waals surface area contributed by atoms with E-state index in [9.17, 15) is 4.79 Å². The average molecular weight is 268 g/mol. The van der Waals surface area contributed by atoms with Crippen LogP contribution in [0.15, 0.2) is 24.3 Å². The average Bonchev–Trinajstić information content (AvgIpc) is 2.33. The van der Waals surface area contributed by atoms with Crippen LogP contribution in [0.3, 0.4) is 0 Å². The fraction of sp³-hybridized carbons (Fsp3) is 0.533. The fourth-order valence-electron chi connectivity index (χ4n) is 1.60. The van der Waals surface area contributed by atoms with Crippen molar-refractivity contribution in [2.45, 2.75) is 46.0 Å². The summed E-state index contributed by atoms with van der Waals surface area (Å²) in [6, 6.07) is 7.98. The van der Waals surface area contributed by atoms with Crippen LogP contribution in [0.4, 0.5) is 0 Å². The Bertz CT molecular complexity index is 396. The molecule has 1 rings (SSSR count). The predicted molar refractivity (Wildman–Crippen MR) is 76.5 cm³/mol. The third kappa shape index (κ3) is 6.06. The summed E-state index contributed by atoms with van der Waals surface area (Å²) >= 11 is 5.77. The minimum atomic E-state index is 0.112. The van der Waals surface area contributed by atoms with Gasteiger partial charge in [0.1, 0.15) is 0 Å². The first-order valence-corrected chi connectivity index (χ1v) is 6.85. The van der Waals surface area contributed by atoms with E-state index >= 15 is 0 Å². The first-order chi connectivity index (χ1) is 8.40. The molecule has 2 nitrogen and oxygen atoms in total. The molecule has 3 heteroatoms. The van der Waals surface area contributed by atoms with E-state index in [1.807, 2.05) is 24.3 Å². The molecule has 0 atom stereocenters. The van der Waals surface area contributed by atoms with E-state index in [0.29, 0.717) is 18.8 Å². The SMILES string of the molecule is CC(C)(C)CCC(=O)NCc1cccc(CCl)c1. The molecule has 0 radical (unpaired) electrons. The van der Waals surface area contributed by atoms with Crippen molar-refractivity contribution >= 4 is 17.5 Å². The van der Waals surface area contributed by atoms with Crippen LogP contribution in [-0.2, 0) is 17.2 Å². The number of benzene rings is 1. The Morgan fingerprint density at radius 1 is 1.28 bits per heavy atom. The molecule has 0 aromatic heterocycles. The van der Waals surface area contributed by atoms with Gasteiger partial charge in [-0.05, 0) is 23.0 Å². The Labute approximate surface area is 115 Å². The van der Waals surface area contributed by atoms with Crippen molar-refractivity contribution < 1.29 is 4.79 Å². The first-order valence-electron chi connectivity index (χ1n) is 6.31. The highest BCUT2D eigenvalue weighted by Crippen LogP contribution is 2.20. The third-order valence-electron chi connectivity index (χ3n) is 2.74. The largest absolute Gasteiger partial charge is 0.352 e. The molecule has 100 valence electrons. The number of hydrogen-bond acceptors (Lipinski definition) is 1. The summed E-state index contributed by atoms with van der Waals surface area (Å²) in [5, 5.41) is 2.94. The lowest BCUT2D eigenvalue weighted by molar-refractivity contribution is -0.121. The molecule has 1 N–H and O–H groups in total. The molecule has 0 unspecified atom stereocenters. The Balaban J connectivity index is 2.38. The Morgan fingerprint density at radius 3 is 2.56 bits per heavy atom. The monoisotopic (exact) mass is 267 g/mol. The lowest BCUT2D eigenvalue weighted by atomic mass is 9.90. The van der Waals surface area contributed by atoms with Gasteiger partial charge in [-0.3, -0.25) is 4.79 Å². The topological polar surface area (TPSA) is 29.1 Å². The molecule has 0 aliphatic carbocycles. The number of amides is 1. The quantitative estimate of drug-likeness (QED) is 0.807. The Morgan fingerprint density at radius 2 is 1.94 bits per heavy atom. The molecule has 1 amide bonds. The first kappa shape index (κ1) is 15.0. The van der Waals surface area contributed by atoms with E-state index in [2.05, 4.69) is 26.1 Å².